The Hall–Kier alpha value is -0.603. The van der Waals surface area contributed by atoms with Gasteiger partial charge in [0.25, 0.3) is 0 Å². The lowest BCUT2D eigenvalue weighted by molar-refractivity contribution is 0.276. The molecule has 108 valence electrons. The minimum Gasteiger partial charge on any atom is -0.413 e. The van der Waals surface area contributed by atoms with Crippen LogP contribution in [0, 0.1) is 0 Å². The van der Waals surface area contributed by atoms with Crippen LogP contribution in [0.4, 0.5) is 0 Å². The van der Waals surface area contributed by atoms with E-state index in [9.17, 15) is 0 Å². The van der Waals surface area contributed by atoms with Crippen molar-refractivity contribution in [3.8, 4) is 0 Å². The Labute approximate surface area is 120 Å². The molecule has 1 aromatic carbocycles. The van der Waals surface area contributed by atoms with Crippen molar-refractivity contribution in [2.75, 3.05) is 0 Å². The van der Waals surface area contributed by atoms with Gasteiger partial charge >= 0.3 is 0 Å². The molecule has 0 aliphatic carbocycles. The van der Waals surface area contributed by atoms with Crippen LogP contribution < -0.4 is 0 Å². The van der Waals surface area contributed by atoms with Crippen molar-refractivity contribution in [1.82, 2.24) is 0 Å². The van der Waals surface area contributed by atoms with Crippen molar-refractivity contribution in [2.45, 2.75) is 71.7 Å². The van der Waals surface area contributed by atoms with Gasteiger partial charge in [0.15, 0.2) is 8.32 Å². The average Bonchev–Trinajstić information content (AvgIpc) is 2.24. The minimum atomic E-state index is -1.64. The van der Waals surface area contributed by atoms with Crippen LogP contribution in [0.25, 0.3) is 0 Å². The SMILES string of the molecule is CC(C)(C)c1ccc(CO[Si](C)(C)C(C)(C)C)cc1. The van der Waals surface area contributed by atoms with Crippen LogP contribution in [0.1, 0.15) is 52.7 Å². The summed E-state index contributed by atoms with van der Waals surface area (Å²) in [6, 6.07) is 8.86. The third kappa shape index (κ3) is 4.46. The van der Waals surface area contributed by atoms with E-state index in [-0.39, 0.29) is 10.5 Å². The molecule has 0 saturated heterocycles. The first-order valence-corrected chi connectivity index (χ1v) is 10.1. The highest BCUT2D eigenvalue weighted by Gasteiger charge is 2.36. The van der Waals surface area contributed by atoms with Crippen LogP contribution in [0.5, 0.6) is 0 Å². The van der Waals surface area contributed by atoms with Crippen molar-refractivity contribution >= 4 is 8.32 Å². The standard InChI is InChI=1S/C17H30OSi/c1-16(2,3)15-11-9-14(10-12-15)13-18-19(7,8)17(4,5)6/h9-12H,13H2,1-8H3. The Kier molecular flexibility index (Phi) is 4.69. The molecule has 0 aliphatic rings. The lowest BCUT2D eigenvalue weighted by Gasteiger charge is -2.36. The molecule has 19 heavy (non-hydrogen) atoms. The van der Waals surface area contributed by atoms with E-state index >= 15 is 0 Å². The Morgan fingerprint density at radius 2 is 1.37 bits per heavy atom. The first-order valence-electron chi connectivity index (χ1n) is 7.17. The lowest BCUT2D eigenvalue weighted by Crippen LogP contribution is -2.40. The summed E-state index contributed by atoms with van der Waals surface area (Å²) in [6.07, 6.45) is 0. The molecule has 2 heteroatoms. The van der Waals surface area contributed by atoms with Crippen molar-refractivity contribution < 1.29 is 4.43 Å². The highest BCUT2D eigenvalue weighted by molar-refractivity contribution is 6.74. The van der Waals surface area contributed by atoms with Gasteiger partial charge in [0.1, 0.15) is 0 Å². The fourth-order valence-electron chi connectivity index (χ4n) is 1.58. The van der Waals surface area contributed by atoms with Crippen LogP contribution in [0.2, 0.25) is 18.1 Å². The Balaban J connectivity index is 2.70. The Bertz CT molecular complexity index is 404. The zero-order valence-electron chi connectivity index (χ0n) is 13.9. The van der Waals surface area contributed by atoms with Crippen LogP contribution in [0.3, 0.4) is 0 Å². The summed E-state index contributed by atoms with van der Waals surface area (Å²) in [6.45, 7) is 18.9. The Morgan fingerprint density at radius 3 is 1.74 bits per heavy atom. The average molecular weight is 279 g/mol. The van der Waals surface area contributed by atoms with Crippen LogP contribution in [-0.2, 0) is 16.4 Å². The van der Waals surface area contributed by atoms with E-state index in [2.05, 4.69) is 78.9 Å². The molecule has 0 aliphatic heterocycles. The molecule has 0 aromatic heterocycles. The Morgan fingerprint density at radius 1 is 0.895 bits per heavy atom. The molecule has 1 nitrogen and oxygen atoms in total. The lowest BCUT2D eigenvalue weighted by atomic mass is 9.87. The van der Waals surface area contributed by atoms with Gasteiger partial charge < -0.3 is 4.43 Å². The number of benzene rings is 1. The minimum absolute atomic E-state index is 0.221. The van der Waals surface area contributed by atoms with E-state index in [1.165, 1.54) is 11.1 Å². The fourth-order valence-corrected chi connectivity index (χ4v) is 2.54. The highest BCUT2D eigenvalue weighted by Crippen LogP contribution is 2.37. The molecule has 0 bridgehead atoms. The van der Waals surface area contributed by atoms with Gasteiger partial charge in [-0.3, -0.25) is 0 Å². The molecule has 0 atom stereocenters. The molecule has 0 saturated carbocycles. The van der Waals surface area contributed by atoms with E-state index < -0.39 is 8.32 Å². The van der Waals surface area contributed by atoms with Gasteiger partial charge in [-0.15, -0.1) is 0 Å². The second kappa shape index (κ2) is 5.41. The molecule has 0 amide bonds. The predicted molar refractivity (Wildman–Crippen MR) is 87.1 cm³/mol. The molecule has 0 heterocycles. The van der Waals surface area contributed by atoms with E-state index in [0.717, 1.165) is 6.61 Å². The molecule has 0 spiro atoms. The smallest absolute Gasteiger partial charge is 0.192 e. The van der Waals surface area contributed by atoms with Gasteiger partial charge in [-0.1, -0.05) is 65.8 Å². The number of hydrogen-bond donors (Lipinski definition) is 0. The third-order valence-electron chi connectivity index (χ3n) is 4.23. The summed E-state index contributed by atoms with van der Waals surface area (Å²) in [7, 11) is -1.64. The molecule has 0 radical (unpaired) electrons. The molecular formula is C17H30OSi. The van der Waals surface area contributed by atoms with E-state index in [4.69, 9.17) is 4.43 Å². The molecule has 1 rings (SSSR count). The summed E-state index contributed by atoms with van der Waals surface area (Å²) in [5.74, 6) is 0. The fraction of sp³-hybridized carbons (Fsp3) is 0.647. The summed E-state index contributed by atoms with van der Waals surface area (Å²) in [5, 5.41) is 0.276. The normalized spacial score (nSPS) is 13.7. The monoisotopic (exact) mass is 278 g/mol. The van der Waals surface area contributed by atoms with Gasteiger partial charge in [-0.05, 0) is 34.7 Å². The number of rotatable bonds is 3. The maximum atomic E-state index is 6.24. The topological polar surface area (TPSA) is 9.23 Å². The molecule has 1 aromatic rings. The molecular weight excluding hydrogens is 248 g/mol. The summed E-state index contributed by atoms with van der Waals surface area (Å²) in [4.78, 5) is 0. The number of hydrogen-bond acceptors (Lipinski definition) is 1. The maximum Gasteiger partial charge on any atom is 0.192 e. The second-order valence-corrected chi connectivity index (χ2v) is 12.8. The first kappa shape index (κ1) is 16.5. The maximum absolute atomic E-state index is 6.24. The van der Waals surface area contributed by atoms with Crippen LogP contribution >= 0.6 is 0 Å². The summed E-state index contributed by atoms with van der Waals surface area (Å²) in [5.41, 5.74) is 2.88. The van der Waals surface area contributed by atoms with E-state index in [1.54, 1.807) is 0 Å². The van der Waals surface area contributed by atoms with Crippen molar-refractivity contribution in [3.05, 3.63) is 35.4 Å². The summed E-state index contributed by atoms with van der Waals surface area (Å²) < 4.78 is 6.24. The largest absolute Gasteiger partial charge is 0.413 e. The first-order chi connectivity index (χ1) is 8.43. The second-order valence-electron chi connectivity index (χ2n) is 8.00. The predicted octanol–water partition coefficient (Wildman–Crippen LogP) is 5.51. The third-order valence-corrected chi connectivity index (χ3v) is 8.70. The van der Waals surface area contributed by atoms with Crippen molar-refractivity contribution in [1.29, 1.82) is 0 Å². The van der Waals surface area contributed by atoms with Crippen LogP contribution in [0.15, 0.2) is 24.3 Å². The van der Waals surface area contributed by atoms with E-state index in [1.807, 2.05) is 0 Å². The highest BCUT2D eigenvalue weighted by atomic mass is 28.4. The molecule has 0 fully saturated rings. The van der Waals surface area contributed by atoms with Gasteiger partial charge in [0, 0.05) is 0 Å². The molecule has 0 N–H and O–H groups in total. The summed E-state index contributed by atoms with van der Waals surface area (Å²) >= 11 is 0. The molecule has 0 unspecified atom stereocenters. The zero-order valence-corrected chi connectivity index (χ0v) is 14.9. The van der Waals surface area contributed by atoms with Gasteiger partial charge in [-0.25, -0.2) is 0 Å². The van der Waals surface area contributed by atoms with Crippen molar-refractivity contribution in [2.24, 2.45) is 0 Å². The van der Waals surface area contributed by atoms with Gasteiger partial charge in [0.05, 0.1) is 6.61 Å². The van der Waals surface area contributed by atoms with Crippen LogP contribution in [-0.4, -0.2) is 8.32 Å². The zero-order chi connectivity index (χ0) is 14.9. The quantitative estimate of drug-likeness (QED) is 0.663. The van der Waals surface area contributed by atoms with Gasteiger partial charge in [-0.2, -0.15) is 0 Å². The van der Waals surface area contributed by atoms with Gasteiger partial charge in [0.2, 0.25) is 0 Å². The van der Waals surface area contributed by atoms with Crippen molar-refractivity contribution in [3.63, 3.8) is 0 Å². The van der Waals surface area contributed by atoms with E-state index in [0.29, 0.717) is 0 Å².